The molecule has 20 nitrogen and oxygen atoms in total. The van der Waals surface area contributed by atoms with Gasteiger partial charge in [-0.25, -0.2) is 30.0 Å². The van der Waals surface area contributed by atoms with Gasteiger partial charge in [0.2, 0.25) is 0 Å². The fourth-order valence-corrected chi connectivity index (χ4v) is 8.76. The first kappa shape index (κ1) is 47.6. The predicted molar refractivity (Wildman–Crippen MR) is 273 cm³/mol. The fraction of sp³-hybridized carbons (Fsp3) is 0.346. The maximum atomic E-state index is 15.2. The van der Waals surface area contributed by atoms with Gasteiger partial charge < -0.3 is 21.3 Å². The Morgan fingerprint density at radius 3 is 1.39 bits per heavy atom. The smallest absolute Gasteiger partial charge is 0.275 e. The van der Waals surface area contributed by atoms with Crippen LogP contribution in [-0.4, -0.2) is 94.0 Å². The molecular weight excluding hydrogens is 909 g/mol. The first-order valence-electron chi connectivity index (χ1n) is 24.2. The topological polar surface area (TPSA) is 212 Å². The largest absolute Gasteiger partial charge is 0.323 e. The molecule has 2 aliphatic heterocycles. The minimum Gasteiger partial charge on any atom is -0.323 e. The van der Waals surface area contributed by atoms with Crippen molar-refractivity contribution in [3.8, 4) is 22.5 Å². The highest BCUT2D eigenvalue weighted by atomic mass is 16.2. The number of rotatable bonds is 12. The lowest BCUT2D eigenvalue weighted by Gasteiger charge is -2.35. The summed E-state index contributed by atoms with van der Waals surface area (Å²) in [6.45, 7) is 21.1. The van der Waals surface area contributed by atoms with Crippen molar-refractivity contribution in [2.45, 2.75) is 106 Å². The highest BCUT2D eigenvalue weighted by Crippen LogP contribution is 2.30. The summed E-state index contributed by atoms with van der Waals surface area (Å²) in [5.41, 5.74) is 8.71. The second kappa shape index (κ2) is 19.2. The number of anilines is 4. The lowest BCUT2D eigenvalue weighted by atomic mass is 10.0. The number of nitrogens with zero attached hydrogens (tertiary/aromatic N) is 14. The Bertz CT molecular complexity index is 3030. The van der Waals surface area contributed by atoms with E-state index in [0.29, 0.717) is 45.8 Å². The fourth-order valence-electron chi connectivity index (χ4n) is 8.76. The van der Waals surface area contributed by atoms with E-state index in [9.17, 15) is 0 Å². The van der Waals surface area contributed by atoms with Crippen LogP contribution in [0.2, 0.25) is 0 Å². The Labute approximate surface area is 417 Å². The molecule has 8 aromatic rings. The van der Waals surface area contributed by atoms with Crippen molar-refractivity contribution in [1.82, 2.24) is 79.7 Å². The molecule has 0 spiro atoms. The van der Waals surface area contributed by atoms with Crippen LogP contribution in [0.4, 0.5) is 23.3 Å². The number of hydrazine groups is 1. The van der Waals surface area contributed by atoms with Gasteiger partial charge in [0.25, 0.3) is 11.8 Å². The van der Waals surface area contributed by atoms with Crippen molar-refractivity contribution < 1.29 is 9.59 Å². The number of aromatic nitrogens is 12. The Balaban J connectivity index is 0.977. The van der Waals surface area contributed by atoms with Gasteiger partial charge in [-0.15, -0.1) is 0 Å². The monoisotopic (exact) mass is 969 g/mol. The first-order chi connectivity index (χ1) is 34.5. The van der Waals surface area contributed by atoms with Crippen molar-refractivity contribution in [2.75, 3.05) is 23.7 Å². The number of hydrogen-bond donors (Lipinski definition) is 4. The molecule has 72 heavy (non-hydrogen) atoms. The zero-order valence-corrected chi connectivity index (χ0v) is 42.0. The van der Waals surface area contributed by atoms with E-state index >= 15 is 9.59 Å². The van der Waals surface area contributed by atoms with E-state index in [-0.39, 0.29) is 24.9 Å². The van der Waals surface area contributed by atoms with Gasteiger partial charge in [-0.2, -0.15) is 20.4 Å². The van der Waals surface area contributed by atoms with Crippen molar-refractivity contribution in [3.05, 3.63) is 143 Å². The van der Waals surface area contributed by atoms with Gasteiger partial charge in [0.15, 0.2) is 11.6 Å². The lowest BCUT2D eigenvalue weighted by molar-refractivity contribution is -0.0117. The molecule has 0 saturated carbocycles. The second-order valence-corrected chi connectivity index (χ2v) is 20.4. The van der Waals surface area contributed by atoms with Crippen LogP contribution in [0, 0.1) is 13.8 Å². The summed E-state index contributed by atoms with van der Waals surface area (Å²) in [7, 11) is 0. The number of carbonyl (C=O) groups is 2. The summed E-state index contributed by atoms with van der Waals surface area (Å²) in [4.78, 5) is 48.6. The molecule has 0 aliphatic carbocycles. The minimum atomic E-state index is -0.394. The molecule has 20 heteroatoms. The molecule has 0 fully saturated rings. The van der Waals surface area contributed by atoms with Crippen molar-refractivity contribution >= 4 is 35.1 Å². The Morgan fingerprint density at radius 2 is 1.01 bits per heavy atom. The van der Waals surface area contributed by atoms with Crippen molar-refractivity contribution in [3.63, 3.8) is 0 Å². The van der Waals surface area contributed by atoms with E-state index in [4.69, 9.17) is 10.2 Å². The third kappa shape index (κ3) is 10.2. The van der Waals surface area contributed by atoms with Crippen LogP contribution < -0.4 is 21.3 Å². The summed E-state index contributed by atoms with van der Waals surface area (Å²) < 4.78 is 7.52. The number of amides is 2. The minimum absolute atomic E-state index is 0.0608. The summed E-state index contributed by atoms with van der Waals surface area (Å²) in [6.07, 6.45) is 9.68. The standard InChI is InChI=1S/C52H60N18O2/c1-33-17-35(43-21-45(57-31-55-43)61-47-19-41-25-53-13-15-65(41)63-47)9-11-37(33)27-67(49(71)39-23-59-69(29-39)51(3,4)5)68(50(72)40-24-60-70(30-40)52(6,7)8)28-38-12-10-36(18-34(38)2)44-22-46(58-32-56-44)62-48-20-42-26-54-14-16-66(42)64-48/h9-12,17-24,29-32,53-54H,13-16,25-28H2,1-8H3,(H,55,57,61,63)(H,56,58,62,64). The van der Waals surface area contributed by atoms with E-state index in [1.165, 1.54) is 22.7 Å². The summed E-state index contributed by atoms with van der Waals surface area (Å²) in [6, 6.07) is 19.8. The highest BCUT2D eigenvalue weighted by molar-refractivity contribution is 5.98. The van der Waals surface area contributed by atoms with Crippen molar-refractivity contribution in [2.24, 2.45) is 0 Å². The van der Waals surface area contributed by atoms with Crippen LogP contribution in [0.25, 0.3) is 22.5 Å². The lowest BCUT2D eigenvalue weighted by Crippen LogP contribution is -2.49. The quantitative estimate of drug-likeness (QED) is 0.0900. The molecule has 10 rings (SSSR count). The van der Waals surface area contributed by atoms with Gasteiger partial charge in [-0.1, -0.05) is 24.3 Å². The Morgan fingerprint density at radius 1 is 0.583 bits per heavy atom. The zero-order chi connectivity index (χ0) is 50.3. The maximum absolute atomic E-state index is 15.2. The van der Waals surface area contributed by atoms with Gasteiger partial charge in [0.1, 0.15) is 24.3 Å². The van der Waals surface area contributed by atoms with Crippen LogP contribution in [0.1, 0.15) is 95.9 Å². The third-order valence-corrected chi connectivity index (χ3v) is 12.9. The number of aryl methyl sites for hydroxylation is 2. The average molecular weight is 969 g/mol. The van der Waals surface area contributed by atoms with Gasteiger partial charge in [-0.05, 0) is 89.8 Å². The number of carbonyl (C=O) groups excluding carboxylic acids is 2. The van der Waals surface area contributed by atoms with Crippen molar-refractivity contribution in [1.29, 1.82) is 0 Å². The first-order valence-corrected chi connectivity index (χ1v) is 24.2. The SMILES string of the molecule is Cc1cc(-c2cc(Nc3cc4n(n3)CCNC4)ncn2)ccc1CN(C(=O)c1cnn(C(C)(C)C)c1)N(Cc1ccc(-c2cc(Nc3cc4n(n3)CCNC4)ncn2)cc1C)C(=O)c1cnn(C(C)(C)C)c1. The molecule has 2 amide bonds. The molecule has 0 bridgehead atoms. The van der Waals surface area contributed by atoms with Crippen LogP contribution >= 0.6 is 0 Å². The van der Waals surface area contributed by atoms with Crippen LogP contribution in [0.5, 0.6) is 0 Å². The highest BCUT2D eigenvalue weighted by Gasteiger charge is 2.32. The van der Waals surface area contributed by atoms with Gasteiger partial charge >= 0.3 is 0 Å². The van der Waals surface area contributed by atoms with Gasteiger partial charge in [0, 0.05) is 74.0 Å². The molecule has 2 aromatic carbocycles. The van der Waals surface area contributed by atoms with E-state index in [1.807, 2.05) is 125 Å². The average Bonchev–Trinajstić information content (AvgIpc) is 4.20. The third-order valence-electron chi connectivity index (χ3n) is 12.9. The van der Waals surface area contributed by atoms with E-state index in [0.717, 1.165) is 84.0 Å². The molecule has 0 atom stereocenters. The van der Waals surface area contributed by atoms with Gasteiger partial charge in [-0.3, -0.25) is 28.3 Å². The summed E-state index contributed by atoms with van der Waals surface area (Å²) >= 11 is 0. The number of benzene rings is 2. The molecule has 0 saturated heterocycles. The molecule has 6 aromatic heterocycles. The number of fused-ring (bicyclic) bond motifs is 2. The molecule has 4 N–H and O–H groups in total. The zero-order valence-electron chi connectivity index (χ0n) is 42.0. The number of nitrogens with one attached hydrogen (secondary N) is 4. The van der Waals surface area contributed by atoms with E-state index in [2.05, 4.69) is 51.4 Å². The molecule has 2 aliphatic rings. The molecule has 370 valence electrons. The predicted octanol–water partition coefficient (Wildman–Crippen LogP) is 7.11. The van der Waals surface area contributed by atoms with Crippen LogP contribution in [-0.2, 0) is 50.3 Å². The molecule has 0 unspecified atom stereocenters. The van der Waals surface area contributed by atoms with Crippen LogP contribution in [0.15, 0.2) is 98.1 Å². The summed E-state index contributed by atoms with van der Waals surface area (Å²) in [5, 5.41) is 35.1. The molecule has 0 radical (unpaired) electrons. The Hall–Kier alpha value is -8.10. The Kier molecular flexibility index (Phi) is 12.7. The molecular formula is C52H60N18O2. The molecule has 8 heterocycles. The normalized spacial score (nSPS) is 13.6. The van der Waals surface area contributed by atoms with E-state index < -0.39 is 11.1 Å². The van der Waals surface area contributed by atoms with Crippen LogP contribution in [0.3, 0.4) is 0 Å². The van der Waals surface area contributed by atoms with E-state index in [1.54, 1.807) is 34.2 Å². The van der Waals surface area contributed by atoms with Gasteiger partial charge in [0.05, 0.1) is 83.6 Å². The number of hydrogen-bond acceptors (Lipinski definition) is 14. The second-order valence-electron chi connectivity index (χ2n) is 20.4. The maximum Gasteiger partial charge on any atom is 0.275 e. The summed E-state index contributed by atoms with van der Waals surface area (Å²) in [5.74, 6) is 1.89.